The average Bonchev–Trinajstić information content (AvgIpc) is 2.48. The Labute approximate surface area is 114 Å². The zero-order valence-electron chi connectivity index (χ0n) is 11.5. The fourth-order valence-corrected chi connectivity index (χ4v) is 2.38. The lowest BCUT2D eigenvalue weighted by atomic mass is 9.76. The van der Waals surface area contributed by atoms with Crippen molar-refractivity contribution in [2.45, 2.75) is 43.8 Å². The van der Waals surface area contributed by atoms with Crippen LogP contribution in [0.4, 0.5) is 0 Å². The molecule has 4 N–H and O–H groups in total. The maximum Gasteiger partial charge on any atom is 0.330 e. The Balaban J connectivity index is 2.59. The molecule has 1 fully saturated rings. The second kappa shape index (κ2) is 4.26. The van der Waals surface area contributed by atoms with Crippen molar-refractivity contribution in [3.63, 3.8) is 0 Å². The monoisotopic (exact) mass is 286 g/mol. The highest BCUT2D eigenvalue weighted by Crippen LogP contribution is 2.50. The van der Waals surface area contributed by atoms with Crippen LogP contribution in [0.25, 0.3) is 0 Å². The Bertz CT molecular complexity index is 631. The highest BCUT2D eigenvalue weighted by molar-refractivity contribution is 5.14. The van der Waals surface area contributed by atoms with Crippen LogP contribution in [0.5, 0.6) is 0 Å². The molecule has 1 aromatic heterocycles. The second-order valence-corrected chi connectivity index (χ2v) is 5.60. The Hall–Kier alpha value is -1.48. The number of rotatable bonds is 2. The van der Waals surface area contributed by atoms with Gasteiger partial charge in [0.15, 0.2) is 6.23 Å². The standard InChI is InChI=1S/C12H18N2O6/c1-10(6-15)12(3,19)11(2,18)8(20-10)14-5-4-7(16)13-9(14)17/h4-5,8,15,18-19H,6H2,1-3H3,(H,13,16,17)/t8-,10-,11-,12?/m1/s1. The molecule has 0 radical (unpaired) electrons. The second-order valence-electron chi connectivity index (χ2n) is 5.60. The summed E-state index contributed by atoms with van der Waals surface area (Å²) in [5.74, 6) is 0. The number of H-pyrrole nitrogens is 1. The van der Waals surface area contributed by atoms with E-state index in [0.29, 0.717) is 0 Å². The summed E-state index contributed by atoms with van der Waals surface area (Å²) < 4.78 is 6.50. The first-order valence-corrected chi connectivity index (χ1v) is 6.12. The number of aromatic nitrogens is 2. The Morgan fingerprint density at radius 3 is 2.40 bits per heavy atom. The zero-order chi connectivity index (χ0) is 15.3. The van der Waals surface area contributed by atoms with E-state index < -0.39 is 40.9 Å². The number of aromatic amines is 1. The van der Waals surface area contributed by atoms with Gasteiger partial charge in [-0.1, -0.05) is 0 Å². The van der Waals surface area contributed by atoms with Gasteiger partial charge in [0.25, 0.3) is 5.56 Å². The smallest absolute Gasteiger partial charge is 0.330 e. The maximum atomic E-state index is 11.8. The number of hydrogen-bond acceptors (Lipinski definition) is 6. The van der Waals surface area contributed by atoms with E-state index in [1.807, 2.05) is 4.98 Å². The molecule has 0 amide bonds. The van der Waals surface area contributed by atoms with Crippen LogP contribution in [0.15, 0.2) is 21.9 Å². The summed E-state index contributed by atoms with van der Waals surface area (Å²) in [6, 6.07) is 1.10. The van der Waals surface area contributed by atoms with Crippen molar-refractivity contribution in [1.82, 2.24) is 9.55 Å². The number of aliphatic hydroxyl groups excluding tert-OH is 1. The van der Waals surface area contributed by atoms with Crippen molar-refractivity contribution in [3.05, 3.63) is 33.1 Å². The molecule has 1 aliphatic heterocycles. The largest absolute Gasteiger partial charge is 0.393 e. The van der Waals surface area contributed by atoms with Crippen LogP contribution in [-0.2, 0) is 4.74 Å². The number of aliphatic hydroxyl groups is 3. The van der Waals surface area contributed by atoms with Gasteiger partial charge in [-0.2, -0.15) is 0 Å². The normalized spacial score (nSPS) is 41.0. The maximum absolute atomic E-state index is 11.8. The van der Waals surface area contributed by atoms with Crippen molar-refractivity contribution in [1.29, 1.82) is 0 Å². The Kier molecular flexibility index (Phi) is 3.17. The van der Waals surface area contributed by atoms with Crippen LogP contribution in [0.3, 0.4) is 0 Å². The van der Waals surface area contributed by atoms with E-state index in [4.69, 9.17) is 4.74 Å². The molecule has 8 heteroatoms. The molecular weight excluding hydrogens is 268 g/mol. The minimum absolute atomic E-state index is 0.551. The molecule has 0 spiro atoms. The van der Waals surface area contributed by atoms with E-state index in [2.05, 4.69) is 0 Å². The zero-order valence-corrected chi connectivity index (χ0v) is 11.5. The first-order valence-electron chi connectivity index (χ1n) is 6.12. The van der Waals surface area contributed by atoms with Crippen molar-refractivity contribution >= 4 is 0 Å². The highest BCUT2D eigenvalue weighted by Gasteiger charge is 2.67. The van der Waals surface area contributed by atoms with E-state index >= 15 is 0 Å². The molecule has 112 valence electrons. The van der Waals surface area contributed by atoms with Crippen LogP contribution >= 0.6 is 0 Å². The molecule has 20 heavy (non-hydrogen) atoms. The van der Waals surface area contributed by atoms with Gasteiger partial charge in [-0.05, 0) is 20.8 Å². The van der Waals surface area contributed by atoms with E-state index in [1.54, 1.807) is 0 Å². The van der Waals surface area contributed by atoms with Gasteiger partial charge < -0.3 is 20.1 Å². The van der Waals surface area contributed by atoms with Gasteiger partial charge in [0, 0.05) is 12.3 Å². The first kappa shape index (κ1) is 14.9. The highest BCUT2D eigenvalue weighted by atomic mass is 16.6. The minimum Gasteiger partial charge on any atom is -0.393 e. The van der Waals surface area contributed by atoms with Crippen LogP contribution in [0, 0.1) is 0 Å². The summed E-state index contributed by atoms with van der Waals surface area (Å²) in [6.45, 7) is 3.50. The third-order valence-corrected chi connectivity index (χ3v) is 4.27. The Morgan fingerprint density at radius 2 is 1.95 bits per heavy atom. The van der Waals surface area contributed by atoms with Crippen molar-refractivity contribution in [3.8, 4) is 0 Å². The van der Waals surface area contributed by atoms with Crippen LogP contribution in [0.1, 0.15) is 27.0 Å². The number of nitrogens with zero attached hydrogens (tertiary/aromatic N) is 1. The first-order chi connectivity index (χ1) is 9.07. The molecule has 1 saturated heterocycles. The number of ether oxygens (including phenoxy) is 1. The van der Waals surface area contributed by atoms with Gasteiger partial charge in [0.1, 0.15) is 16.8 Å². The summed E-state index contributed by atoms with van der Waals surface area (Å²) >= 11 is 0. The fraction of sp³-hybridized carbons (Fsp3) is 0.667. The number of nitrogens with one attached hydrogen (secondary N) is 1. The SMILES string of the molecule is CC1(O)[C@@](C)(CO)O[C@@H](n2ccc(=O)[nH]c2=O)[C@@]1(C)O. The molecule has 2 rings (SSSR count). The van der Waals surface area contributed by atoms with Crippen molar-refractivity contribution < 1.29 is 20.1 Å². The van der Waals surface area contributed by atoms with E-state index in [-0.39, 0.29) is 0 Å². The van der Waals surface area contributed by atoms with E-state index in [1.165, 1.54) is 27.0 Å². The molecule has 0 saturated carbocycles. The molecule has 0 aliphatic carbocycles. The van der Waals surface area contributed by atoms with Gasteiger partial charge in [0.05, 0.1) is 6.61 Å². The van der Waals surface area contributed by atoms with Gasteiger partial charge in [-0.3, -0.25) is 14.3 Å². The predicted octanol–water partition coefficient (Wildman–Crippen LogP) is -1.68. The van der Waals surface area contributed by atoms with Crippen molar-refractivity contribution in [2.75, 3.05) is 6.61 Å². The fourth-order valence-electron chi connectivity index (χ4n) is 2.38. The third-order valence-electron chi connectivity index (χ3n) is 4.27. The van der Waals surface area contributed by atoms with Gasteiger partial charge >= 0.3 is 5.69 Å². The lowest BCUT2D eigenvalue weighted by molar-refractivity contribution is -0.162. The van der Waals surface area contributed by atoms with Gasteiger partial charge in [-0.15, -0.1) is 0 Å². The Morgan fingerprint density at radius 1 is 1.35 bits per heavy atom. The van der Waals surface area contributed by atoms with Gasteiger partial charge in [-0.25, -0.2) is 4.79 Å². The van der Waals surface area contributed by atoms with E-state index in [9.17, 15) is 24.9 Å². The molecule has 8 nitrogen and oxygen atoms in total. The summed E-state index contributed by atoms with van der Waals surface area (Å²) in [6.07, 6.45) is -0.0848. The molecule has 1 aliphatic rings. The minimum atomic E-state index is -1.85. The summed E-state index contributed by atoms with van der Waals surface area (Å²) in [5, 5.41) is 30.5. The molecule has 1 aromatic rings. The topological polar surface area (TPSA) is 125 Å². The quantitative estimate of drug-likeness (QED) is 0.514. The van der Waals surface area contributed by atoms with Crippen LogP contribution in [-0.4, -0.2) is 48.3 Å². The molecular formula is C12H18N2O6. The van der Waals surface area contributed by atoms with E-state index in [0.717, 1.165) is 10.6 Å². The molecule has 0 aromatic carbocycles. The molecule has 4 atom stereocenters. The lowest BCUT2D eigenvalue weighted by Gasteiger charge is -2.39. The summed E-state index contributed by atoms with van der Waals surface area (Å²) in [7, 11) is 0. The predicted molar refractivity (Wildman–Crippen MR) is 68.2 cm³/mol. The van der Waals surface area contributed by atoms with Crippen LogP contribution in [0.2, 0.25) is 0 Å². The molecule has 0 bridgehead atoms. The number of hydrogen-bond donors (Lipinski definition) is 4. The van der Waals surface area contributed by atoms with Gasteiger partial charge in [0.2, 0.25) is 0 Å². The van der Waals surface area contributed by atoms with Crippen LogP contribution < -0.4 is 11.2 Å². The molecule has 1 unspecified atom stereocenters. The third kappa shape index (κ3) is 1.76. The summed E-state index contributed by atoms with van der Waals surface area (Å²) in [5.41, 5.74) is -6.49. The summed E-state index contributed by atoms with van der Waals surface area (Å²) in [4.78, 5) is 24.9. The average molecular weight is 286 g/mol. The molecule has 2 heterocycles. The van der Waals surface area contributed by atoms with Crippen molar-refractivity contribution in [2.24, 2.45) is 0 Å². The lowest BCUT2D eigenvalue weighted by Crippen LogP contribution is -2.60.